The Labute approximate surface area is 196 Å². The molecule has 3 rings (SSSR count). The number of Topliss-reactive ketones (excluding diaryl/α,β-unsaturated/α-hetero) is 2. The van der Waals surface area contributed by atoms with Gasteiger partial charge in [0, 0.05) is 18.1 Å². The molecule has 0 N–H and O–H groups in total. The molecule has 32 heavy (non-hydrogen) atoms. The van der Waals surface area contributed by atoms with Crippen LogP contribution in [0.25, 0.3) is 0 Å². The minimum atomic E-state index is -2.39. The third-order valence-electron chi connectivity index (χ3n) is 4.71. The smallest absolute Gasteiger partial charge is 0.314 e. The van der Waals surface area contributed by atoms with Gasteiger partial charge in [-0.05, 0) is 36.8 Å². The van der Waals surface area contributed by atoms with Crippen LogP contribution in [0.15, 0.2) is 66.7 Å². The number of hydrogen-bond acceptors (Lipinski definition) is 5. The fraction of sp³-hybridized carbons (Fsp3) is 0.160. The summed E-state index contributed by atoms with van der Waals surface area (Å²) in [6.45, 7) is 3.45. The quantitative estimate of drug-likeness (QED) is 0.275. The Morgan fingerprint density at radius 2 is 1.69 bits per heavy atom. The van der Waals surface area contributed by atoms with Gasteiger partial charge in [0.05, 0.1) is 10.0 Å². The molecule has 0 bridgehead atoms. The normalized spacial score (nSPS) is 12.3. The van der Waals surface area contributed by atoms with Crippen molar-refractivity contribution in [2.45, 2.75) is 25.9 Å². The van der Waals surface area contributed by atoms with Crippen LogP contribution in [0, 0.1) is 18.3 Å². The number of carbonyl (C=O) groups is 2. The molecule has 0 aliphatic heterocycles. The van der Waals surface area contributed by atoms with Crippen LogP contribution in [-0.2, 0) is 4.79 Å². The molecule has 0 saturated heterocycles. The number of aryl methyl sites for hydroxylation is 1. The molecule has 0 aliphatic rings. The Hall–Kier alpha value is -3.33. The molecule has 0 fully saturated rings. The molecular weight excluding hydrogens is 449 g/mol. The monoisotopic (exact) mass is 467 g/mol. The first-order valence-corrected chi connectivity index (χ1v) is 10.5. The maximum atomic E-state index is 13.2. The van der Waals surface area contributed by atoms with Crippen molar-refractivity contribution in [3.8, 4) is 23.3 Å². The summed E-state index contributed by atoms with van der Waals surface area (Å²) in [6, 6.07) is 19.6. The summed E-state index contributed by atoms with van der Waals surface area (Å²) in [5, 5.41) is 10.4. The lowest BCUT2D eigenvalue weighted by atomic mass is 9.88. The van der Waals surface area contributed by atoms with Crippen molar-refractivity contribution in [2.24, 2.45) is 0 Å². The Morgan fingerprint density at radius 1 is 0.969 bits per heavy atom. The van der Waals surface area contributed by atoms with Crippen molar-refractivity contribution in [2.75, 3.05) is 0 Å². The van der Waals surface area contributed by atoms with E-state index in [-0.39, 0.29) is 22.8 Å². The number of hydrogen-bond donors (Lipinski definition) is 0. The van der Waals surface area contributed by atoms with E-state index in [0.717, 1.165) is 5.56 Å². The molecule has 0 aliphatic carbocycles. The van der Waals surface area contributed by atoms with Crippen molar-refractivity contribution in [1.29, 1.82) is 5.26 Å². The second kappa shape index (κ2) is 9.86. The van der Waals surface area contributed by atoms with Crippen LogP contribution in [0.1, 0.15) is 29.3 Å². The highest BCUT2D eigenvalue weighted by Crippen LogP contribution is 2.37. The van der Waals surface area contributed by atoms with Crippen LogP contribution >= 0.6 is 23.2 Å². The van der Waals surface area contributed by atoms with Gasteiger partial charge in [0.2, 0.25) is 5.78 Å². The Kier molecular flexibility index (Phi) is 7.19. The summed E-state index contributed by atoms with van der Waals surface area (Å²) < 4.78 is 11.6. The zero-order chi connectivity index (χ0) is 23.3. The Bertz CT molecular complexity index is 1200. The van der Waals surface area contributed by atoms with Gasteiger partial charge >= 0.3 is 5.60 Å². The molecule has 3 aromatic rings. The van der Waals surface area contributed by atoms with Gasteiger partial charge < -0.3 is 9.47 Å². The van der Waals surface area contributed by atoms with Crippen LogP contribution in [-0.4, -0.2) is 17.2 Å². The van der Waals surface area contributed by atoms with E-state index in [9.17, 15) is 14.9 Å². The van der Waals surface area contributed by atoms with E-state index >= 15 is 0 Å². The summed E-state index contributed by atoms with van der Waals surface area (Å²) in [5.74, 6) is -0.783. The number of nitrogens with zero attached hydrogens (tertiary/aromatic N) is 1. The zero-order valence-electron chi connectivity index (χ0n) is 17.4. The molecule has 162 valence electrons. The third kappa shape index (κ3) is 4.77. The fourth-order valence-corrected chi connectivity index (χ4v) is 3.44. The number of halogens is 2. The second-order valence-electron chi connectivity index (χ2n) is 7.00. The second-order valence-corrected chi connectivity index (χ2v) is 7.81. The molecule has 0 amide bonds. The van der Waals surface area contributed by atoms with Gasteiger partial charge in [-0.1, -0.05) is 66.5 Å². The van der Waals surface area contributed by atoms with Crippen molar-refractivity contribution < 1.29 is 19.1 Å². The first-order valence-electron chi connectivity index (χ1n) is 9.77. The van der Waals surface area contributed by atoms with Gasteiger partial charge in [-0.3, -0.25) is 9.59 Å². The van der Waals surface area contributed by atoms with E-state index in [1.54, 1.807) is 49.4 Å². The molecule has 0 saturated carbocycles. The number of ether oxygens (including phenoxy) is 2. The Morgan fingerprint density at radius 3 is 2.31 bits per heavy atom. The van der Waals surface area contributed by atoms with Gasteiger partial charge in [0.15, 0.2) is 5.78 Å². The third-order valence-corrected chi connectivity index (χ3v) is 5.32. The molecule has 0 spiro atoms. The average molecular weight is 468 g/mol. The maximum absolute atomic E-state index is 13.2. The van der Waals surface area contributed by atoms with E-state index < -0.39 is 17.2 Å². The summed E-state index contributed by atoms with van der Waals surface area (Å²) in [5.41, 5.74) is -1.25. The fourth-order valence-electron chi connectivity index (χ4n) is 3.01. The number of benzene rings is 3. The highest BCUT2D eigenvalue weighted by atomic mass is 35.5. The van der Waals surface area contributed by atoms with Crippen LogP contribution in [0.4, 0.5) is 0 Å². The number of ketones is 2. The van der Waals surface area contributed by atoms with Crippen LogP contribution in [0.5, 0.6) is 17.2 Å². The van der Waals surface area contributed by atoms with Crippen LogP contribution < -0.4 is 9.47 Å². The number of carbonyl (C=O) groups excluding carboxylic acids is 2. The van der Waals surface area contributed by atoms with E-state index in [2.05, 4.69) is 0 Å². The molecule has 0 heterocycles. The minimum absolute atomic E-state index is 0.0416. The summed E-state index contributed by atoms with van der Waals surface area (Å²) in [6.07, 6.45) is -0.0844. The molecule has 1 atom stereocenters. The van der Waals surface area contributed by atoms with Gasteiger partial charge in [0.25, 0.3) is 0 Å². The molecule has 0 radical (unpaired) electrons. The van der Waals surface area contributed by atoms with E-state index in [1.165, 1.54) is 24.3 Å². The lowest BCUT2D eigenvalue weighted by Crippen LogP contribution is -2.50. The van der Waals surface area contributed by atoms with Crippen LogP contribution in [0.3, 0.4) is 0 Å². The molecular formula is C25H19Cl2NO4. The summed E-state index contributed by atoms with van der Waals surface area (Å²) in [4.78, 5) is 26.0. The zero-order valence-corrected chi connectivity index (χ0v) is 18.9. The maximum Gasteiger partial charge on any atom is 0.314 e. The summed E-state index contributed by atoms with van der Waals surface area (Å²) in [7, 11) is 0. The van der Waals surface area contributed by atoms with Crippen molar-refractivity contribution in [3.63, 3.8) is 0 Å². The van der Waals surface area contributed by atoms with E-state index in [0.29, 0.717) is 16.5 Å². The molecule has 0 aromatic heterocycles. The van der Waals surface area contributed by atoms with Crippen molar-refractivity contribution in [1.82, 2.24) is 0 Å². The number of nitriles is 1. The SMILES string of the molecule is CCC(=O)C(C#N)(Oc1cc(Oc2ccc(C)cc2Cl)ccc1Cl)C(=O)c1ccccc1. The lowest BCUT2D eigenvalue weighted by molar-refractivity contribution is -0.127. The topological polar surface area (TPSA) is 76.4 Å². The standard InChI is InChI=1S/C25H19Cl2NO4/c1-3-23(29)25(15-28,24(30)17-7-5-4-6-8-17)32-22-14-18(10-11-19(22)26)31-21-12-9-16(2)13-20(21)27/h4-14H,3H2,1-2H3. The highest BCUT2D eigenvalue weighted by molar-refractivity contribution is 6.32. The van der Waals surface area contributed by atoms with Gasteiger partial charge in [0.1, 0.15) is 23.3 Å². The van der Waals surface area contributed by atoms with Gasteiger partial charge in [-0.15, -0.1) is 0 Å². The summed E-state index contributed by atoms with van der Waals surface area (Å²) >= 11 is 12.5. The molecule has 7 heteroatoms. The largest absolute Gasteiger partial charge is 0.456 e. The van der Waals surface area contributed by atoms with Crippen molar-refractivity contribution >= 4 is 34.8 Å². The first-order chi connectivity index (χ1) is 15.3. The Balaban J connectivity index is 2.01. The average Bonchev–Trinajstić information content (AvgIpc) is 2.80. The number of rotatable bonds is 8. The van der Waals surface area contributed by atoms with Gasteiger partial charge in [-0.2, -0.15) is 5.26 Å². The molecule has 1 unspecified atom stereocenters. The highest BCUT2D eigenvalue weighted by Gasteiger charge is 2.48. The molecule has 3 aromatic carbocycles. The van der Waals surface area contributed by atoms with Crippen molar-refractivity contribution in [3.05, 3.63) is 87.9 Å². The predicted octanol–water partition coefficient (Wildman–Crippen LogP) is 6.60. The van der Waals surface area contributed by atoms with E-state index in [4.69, 9.17) is 32.7 Å². The first kappa shape index (κ1) is 23.3. The van der Waals surface area contributed by atoms with Gasteiger partial charge in [-0.25, -0.2) is 0 Å². The predicted molar refractivity (Wildman–Crippen MR) is 123 cm³/mol. The molecule has 5 nitrogen and oxygen atoms in total. The van der Waals surface area contributed by atoms with Crippen LogP contribution in [0.2, 0.25) is 10.0 Å². The van der Waals surface area contributed by atoms with E-state index in [1.807, 2.05) is 13.0 Å². The lowest BCUT2D eigenvalue weighted by Gasteiger charge is -2.25. The minimum Gasteiger partial charge on any atom is -0.456 e.